The SMILES string of the molecule is [2H]CC1(CO)CN(C(=O)CCCCCNC(=O)CCCCC#C)C1. The number of carbonyl (C=O) groups excluding carboxylic acids is 2. The smallest absolute Gasteiger partial charge is 0.222 e. The van der Waals surface area contributed by atoms with Gasteiger partial charge in [0, 0.05) is 45.7 Å². The van der Waals surface area contributed by atoms with E-state index in [1.807, 2.05) is 0 Å². The monoisotopic (exact) mass is 323 g/mol. The van der Waals surface area contributed by atoms with Crippen LogP contribution < -0.4 is 5.32 Å². The van der Waals surface area contributed by atoms with Crippen molar-refractivity contribution in [2.75, 3.05) is 26.2 Å². The number of likely N-dealkylation sites (tertiary alicyclic amines) is 1. The topological polar surface area (TPSA) is 69.6 Å². The van der Waals surface area contributed by atoms with Crippen molar-refractivity contribution in [2.45, 2.75) is 58.3 Å². The van der Waals surface area contributed by atoms with Crippen LogP contribution in [-0.4, -0.2) is 48.1 Å². The summed E-state index contributed by atoms with van der Waals surface area (Å²) in [5, 5.41) is 12.1. The Kier molecular flexibility index (Phi) is 7.96. The summed E-state index contributed by atoms with van der Waals surface area (Å²) in [6.45, 7) is 1.79. The van der Waals surface area contributed by atoms with Gasteiger partial charge in [0.15, 0.2) is 0 Å². The standard InChI is InChI=1S/C18H30N2O3/c1-3-4-5-7-10-16(22)19-12-9-6-8-11-17(23)20-13-18(2,14-20)15-21/h1,21H,4-15H2,2H3,(H,19,22)/i2D. The molecule has 0 radical (unpaired) electrons. The first-order valence-corrected chi connectivity index (χ1v) is 8.45. The number of aliphatic hydroxyl groups is 1. The maximum absolute atomic E-state index is 12.0. The Labute approximate surface area is 141 Å². The lowest BCUT2D eigenvalue weighted by atomic mass is 9.82. The van der Waals surface area contributed by atoms with Gasteiger partial charge in [0.1, 0.15) is 0 Å². The summed E-state index contributed by atoms with van der Waals surface area (Å²) < 4.78 is 7.41. The maximum atomic E-state index is 12.0. The zero-order chi connectivity index (χ0) is 17.8. The highest BCUT2D eigenvalue weighted by atomic mass is 16.3. The van der Waals surface area contributed by atoms with Crippen LogP contribution in [0.2, 0.25) is 0 Å². The van der Waals surface area contributed by atoms with Crippen LogP contribution in [0.15, 0.2) is 0 Å². The summed E-state index contributed by atoms with van der Waals surface area (Å²) >= 11 is 0. The molecule has 1 aliphatic rings. The average Bonchev–Trinajstić information content (AvgIpc) is 2.55. The van der Waals surface area contributed by atoms with Crippen molar-refractivity contribution in [1.29, 1.82) is 0 Å². The minimum absolute atomic E-state index is 0.0251. The molecule has 1 saturated heterocycles. The zero-order valence-electron chi connectivity index (χ0n) is 15.0. The molecular weight excluding hydrogens is 292 g/mol. The number of nitrogens with one attached hydrogen (secondary N) is 1. The van der Waals surface area contributed by atoms with Gasteiger partial charge < -0.3 is 15.3 Å². The molecule has 1 fully saturated rings. The molecule has 130 valence electrons. The largest absolute Gasteiger partial charge is 0.396 e. The first-order chi connectivity index (χ1) is 11.6. The fourth-order valence-corrected chi connectivity index (χ4v) is 2.60. The summed E-state index contributed by atoms with van der Waals surface area (Å²) in [7, 11) is 0. The van der Waals surface area contributed by atoms with Gasteiger partial charge in [-0.2, -0.15) is 0 Å². The number of rotatable bonds is 11. The molecule has 0 unspecified atom stereocenters. The third-order valence-corrected chi connectivity index (χ3v) is 4.11. The quantitative estimate of drug-likeness (QED) is 0.449. The minimum Gasteiger partial charge on any atom is -0.396 e. The number of carbonyl (C=O) groups is 2. The summed E-state index contributed by atoms with van der Waals surface area (Å²) in [4.78, 5) is 25.2. The minimum atomic E-state index is -0.389. The molecule has 0 atom stereocenters. The molecule has 1 aliphatic heterocycles. The first kappa shape index (κ1) is 17.8. The number of hydrogen-bond donors (Lipinski definition) is 2. The van der Waals surface area contributed by atoms with Crippen molar-refractivity contribution < 1.29 is 16.1 Å². The van der Waals surface area contributed by atoms with Gasteiger partial charge in [-0.05, 0) is 25.7 Å². The van der Waals surface area contributed by atoms with Gasteiger partial charge in [-0.3, -0.25) is 9.59 Å². The van der Waals surface area contributed by atoms with E-state index < -0.39 is 0 Å². The molecule has 2 N–H and O–H groups in total. The second-order valence-corrected chi connectivity index (χ2v) is 6.48. The molecule has 5 heteroatoms. The molecule has 1 heterocycles. The Balaban J connectivity index is 1.96. The number of terminal acetylenes is 1. The van der Waals surface area contributed by atoms with Crippen LogP contribution in [0.5, 0.6) is 0 Å². The van der Waals surface area contributed by atoms with E-state index in [1.54, 1.807) is 4.90 Å². The molecular formula is C18H30N2O3. The predicted molar refractivity (Wildman–Crippen MR) is 90.6 cm³/mol. The Morgan fingerprint density at radius 2 is 2.00 bits per heavy atom. The van der Waals surface area contributed by atoms with Crippen LogP contribution in [0.25, 0.3) is 0 Å². The second-order valence-electron chi connectivity index (χ2n) is 6.48. The fraction of sp³-hybridized carbons (Fsp3) is 0.778. The van der Waals surface area contributed by atoms with E-state index in [1.165, 1.54) is 0 Å². The second kappa shape index (κ2) is 10.3. The van der Waals surface area contributed by atoms with Gasteiger partial charge in [0.05, 0.1) is 6.61 Å². The molecule has 1 rings (SSSR count). The summed E-state index contributed by atoms with van der Waals surface area (Å²) in [6, 6.07) is 0. The van der Waals surface area contributed by atoms with E-state index >= 15 is 0 Å². The highest BCUT2D eigenvalue weighted by Gasteiger charge is 2.40. The van der Waals surface area contributed by atoms with E-state index in [-0.39, 0.29) is 30.7 Å². The summed E-state index contributed by atoms with van der Waals surface area (Å²) in [5.74, 6) is 2.73. The van der Waals surface area contributed by atoms with Crippen LogP contribution in [0.4, 0.5) is 0 Å². The molecule has 2 amide bonds. The van der Waals surface area contributed by atoms with Crippen molar-refractivity contribution in [3.8, 4) is 12.3 Å². The van der Waals surface area contributed by atoms with E-state index in [0.717, 1.165) is 38.5 Å². The first-order valence-electron chi connectivity index (χ1n) is 9.15. The molecule has 0 aliphatic carbocycles. The lowest BCUT2D eigenvalue weighted by molar-refractivity contribution is -0.144. The summed E-state index contributed by atoms with van der Waals surface area (Å²) in [6.07, 6.45) is 11.2. The van der Waals surface area contributed by atoms with Gasteiger partial charge in [0.25, 0.3) is 0 Å². The Morgan fingerprint density at radius 3 is 2.65 bits per heavy atom. The molecule has 0 bridgehead atoms. The Bertz CT molecular complexity index is 436. The van der Waals surface area contributed by atoms with Crippen molar-refractivity contribution in [3.63, 3.8) is 0 Å². The third-order valence-electron chi connectivity index (χ3n) is 4.11. The Morgan fingerprint density at radius 1 is 1.26 bits per heavy atom. The average molecular weight is 323 g/mol. The highest BCUT2D eigenvalue weighted by molar-refractivity contribution is 5.77. The zero-order valence-corrected chi connectivity index (χ0v) is 14.0. The van der Waals surface area contributed by atoms with Gasteiger partial charge in [0.2, 0.25) is 11.8 Å². The normalized spacial score (nSPS) is 16.2. The van der Waals surface area contributed by atoms with Crippen LogP contribution in [0.1, 0.15) is 59.6 Å². The lowest BCUT2D eigenvalue weighted by Crippen LogP contribution is -2.58. The maximum Gasteiger partial charge on any atom is 0.222 e. The van der Waals surface area contributed by atoms with E-state index in [0.29, 0.717) is 32.5 Å². The van der Waals surface area contributed by atoms with Gasteiger partial charge in [-0.15, -0.1) is 12.3 Å². The molecule has 0 aromatic rings. The molecule has 0 aromatic heterocycles. The van der Waals surface area contributed by atoms with Crippen molar-refractivity contribution in [2.24, 2.45) is 5.41 Å². The van der Waals surface area contributed by atoms with Crippen LogP contribution in [-0.2, 0) is 9.59 Å². The van der Waals surface area contributed by atoms with Crippen molar-refractivity contribution in [1.82, 2.24) is 10.2 Å². The number of nitrogens with zero attached hydrogens (tertiary/aromatic N) is 1. The number of hydrogen-bond acceptors (Lipinski definition) is 3. The molecule has 0 saturated carbocycles. The van der Waals surface area contributed by atoms with E-state index in [4.69, 9.17) is 7.79 Å². The van der Waals surface area contributed by atoms with Gasteiger partial charge in [-0.1, -0.05) is 13.3 Å². The number of aliphatic hydroxyl groups excluding tert-OH is 1. The summed E-state index contributed by atoms with van der Waals surface area (Å²) in [5.41, 5.74) is -0.389. The third kappa shape index (κ3) is 7.51. The molecule has 23 heavy (non-hydrogen) atoms. The van der Waals surface area contributed by atoms with Gasteiger partial charge >= 0.3 is 0 Å². The molecule has 5 nitrogen and oxygen atoms in total. The van der Waals surface area contributed by atoms with E-state index in [9.17, 15) is 14.7 Å². The highest BCUT2D eigenvalue weighted by Crippen LogP contribution is 2.29. The molecule has 0 spiro atoms. The predicted octanol–water partition coefficient (Wildman–Crippen LogP) is 1.70. The fourth-order valence-electron chi connectivity index (χ4n) is 2.60. The van der Waals surface area contributed by atoms with E-state index in [2.05, 4.69) is 11.2 Å². The Hall–Kier alpha value is -1.54. The van der Waals surface area contributed by atoms with Gasteiger partial charge in [-0.25, -0.2) is 0 Å². The van der Waals surface area contributed by atoms with Crippen LogP contribution in [0, 0.1) is 17.8 Å². The number of unbranched alkanes of at least 4 members (excludes halogenated alkanes) is 4. The van der Waals surface area contributed by atoms with Crippen LogP contribution >= 0.6 is 0 Å². The molecule has 0 aromatic carbocycles. The van der Waals surface area contributed by atoms with Crippen molar-refractivity contribution in [3.05, 3.63) is 0 Å². The lowest BCUT2D eigenvalue weighted by Gasteiger charge is -2.47. The number of amides is 2. The van der Waals surface area contributed by atoms with Crippen LogP contribution in [0.3, 0.4) is 0 Å². The van der Waals surface area contributed by atoms with Crippen molar-refractivity contribution >= 4 is 11.8 Å².